The number of hydrazone groups is 1. The highest BCUT2D eigenvalue weighted by Crippen LogP contribution is 2.37. The largest absolute Gasteiger partial charge is 0.469 e. The third-order valence-electron chi connectivity index (χ3n) is 5.50. The Bertz CT molecular complexity index is 1180. The average Bonchev–Trinajstić information content (AvgIpc) is 3.08. The van der Waals surface area contributed by atoms with Crippen LogP contribution >= 0.6 is 0 Å². The molecule has 0 amide bonds. The zero-order valence-corrected chi connectivity index (χ0v) is 18.4. The van der Waals surface area contributed by atoms with E-state index in [9.17, 15) is 14.7 Å². The van der Waals surface area contributed by atoms with Crippen molar-refractivity contribution in [2.75, 3.05) is 7.11 Å². The highest BCUT2D eigenvalue weighted by atomic mass is 16.5. The van der Waals surface area contributed by atoms with Crippen LogP contribution in [0.3, 0.4) is 0 Å². The summed E-state index contributed by atoms with van der Waals surface area (Å²) in [6.45, 7) is 1.96. The summed E-state index contributed by atoms with van der Waals surface area (Å²) in [4.78, 5) is 25.2. The lowest BCUT2D eigenvalue weighted by atomic mass is 10.0. The fraction of sp³-hybridized carbons (Fsp3) is 0.148. The number of carbonyl (C=O) groups excluding carboxylic acids is 2. The molecule has 6 nitrogen and oxygen atoms in total. The number of ketones is 1. The van der Waals surface area contributed by atoms with Gasteiger partial charge < -0.3 is 9.84 Å². The van der Waals surface area contributed by atoms with E-state index in [-0.39, 0.29) is 0 Å². The van der Waals surface area contributed by atoms with Crippen LogP contribution in [0.25, 0.3) is 5.70 Å². The summed E-state index contributed by atoms with van der Waals surface area (Å²) in [5.74, 6) is -1.35. The molecule has 6 heteroatoms. The van der Waals surface area contributed by atoms with E-state index in [2.05, 4.69) is 0 Å². The van der Waals surface area contributed by atoms with Crippen molar-refractivity contribution in [3.63, 3.8) is 0 Å². The zero-order chi connectivity index (χ0) is 23.4. The van der Waals surface area contributed by atoms with Crippen LogP contribution in [-0.2, 0) is 14.3 Å². The summed E-state index contributed by atoms with van der Waals surface area (Å²) in [6.07, 6.45) is 0.763. The number of rotatable bonds is 6. The molecule has 166 valence electrons. The van der Waals surface area contributed by atoms with Crippen molar-refractivity contribution in [1.82, 2.24) is 5.01 Å². The third kappa shape index (κ3) is 4.47. The Morgan fingerprint density at radius 3 is 2.00 bits per heavy atom. The second-order valence-electron chi connectivity index (χ2n) is 7.82. The summed E-state index contributed by atoms with van der Waals surface area (Å²) in [6, 6.07) is 26.5. The standard InChI is InChI=1S/C27H24N2O4/c1-19-13-15-20(16-14-19)23-17-24(30)27(32,18-25(31)33-2)29(23)28-26(21-9-5-3-6-10-21)22-11-7-4-8-12-22/h3-17,32H,18H2,1-2H3. The van der Waals surface area contributed by atoms with Gasteiger partial charge in [0.2, 0.25) is 11.5 Å². The van der Waals surface area contributed by atoms with E-state index in [1.54, 1.807) is 0 Å². The van der Waals surface area contributed by atoms with Gasteiger partial charge in [-0.15, -0.1) is 0 Å². The molecule has 4 rings (SSSR count). The first kappa shape index (κ1) is 22.2. The van der Waals surface area contributed by atoms with Crippen LogP contribution in [0.5, 0.6) is 0 Å². The Kier molecular flexibility index (Phi) is 6.20. The number of methoxy groups -OCH3 is 1. The minimum Gasteiger partial charge on any atom is -0.469 e. The molecule has 1 N–H and O–H groups in total. The molecule has 1 aliphatic heterocycles. The molecule has 1 aliphatic rings. The first-order chi connectivity index (χ1) is 15.9. The molecule has 1 unspecified atom stereocenters. The van der Waals surface area contributed by atoms with E-state index in [0.29, 0.717) is 17.0 Å². The highest BCUT2D eigenvalue weighted by molar-refractivity contribution is 6.14. The summed E-state index contributed by atoms with van der Waals surface area (Å²) >= 11 is 0. The molecule has 0 saturated carbocycles. The predicted molar refractivity (Wildman–Crippen MR) is 126 cm³/mol. The van der Waals surface area contributed by atoms with Crippen molar-refractivity contribution in [3.05, 3.63) is 113 Å². The van der Waals surface area contributed by atoms with E-state index < -0.39 is 23.9 Å². The maximum absolute atomic E-state index is 13.0. The molecular formula is C27H24N2O4. The van der Waals surface area contributed by atoms with E-state index in [0.717, 1.165) is 16.7 Å². The maximum atomic E-state index is 13.0. The van der Waals surface area contributed by atoms with Gasteiger partial charge in [-0.3, -0.25) is 9.59 Å². The fourth-order valence-corrected chi connectivity index (χ4v) is 3.68. The second-order valence-corrected chi connectivity index (χ2v) is 7.82. The van der Waals surface area contributed by atoms with Gasteiger partial charge in [0.1, 0.15) is 6.42 Å². The summed E-state index contributed by atoms with van der Waals surface area (Å²) in [7, 11) is 1.21. The van der Waals surface area contributed by atoms with Crippen LogP contribution < -0.4 is 0 Å². The molecular weight excluding hydrogens is 416 g/mol. The fourth-order valence-electron chi connectivity index (χ4n) is 3.68. The number of aliphatic hydroxyl groups is 1. The Hall–Kier alpha value is -4.03. The zero-order valence-electron chi connectivity index (χ0n) is 18.4. The van der Waals surface area contributed by atoms with Gasteiger partial charge in [-0.05, 0) is 6.92 Å². The van der Waals surface area contributed by atoms with Gasteiger partial charge in [-0.25, -0.2) is 5.01 Å². The van der Waals surface area contributed by atoms with Crippen molar-refractivity contribution in [2.45, 2.75) is 19.1 Å². The molecule has 0 aromatic heterocycles. The van der Waals surface area contributed by atoms with Gasteiger partial charge in [0, 0.05) is 22.8 Å². The lowest BCUT2D eigenvalue weighted by molar-refractivity contribution is -0.161. The summed E-state index contributed by atoms with van der Waals surface area (Å²) in [5, 5.41) is 17.5. The van der Waals surface area contributed by atoms with Crippen LogP contribution in [0.1, 0.15) is 28.7 Å². The Morgan fingerprint density at radius 2 is 1.48 bits per heavy atom. The Labute approximate surface area is 192 Å². The Balaban J connectivity index is 1.91. The monoisotopic (exact) mass is 440 g/mol. The normalized spacial score (nSPS) is 17.5. The molecule has 3 aromatic rings. The molecule has 0 bridgehead atoms. The number of nitrogens with zero attached hydrogens (tertiary/aromatic N) is 2. The first-order valence-electron chi connectivity index (χ1n) is 10.5. The van der Waals surface area contributed by atoms with Crippen LogP contribution in [0.15, 0.2) is 96.1 Å². The van der Waals surface area contributed by atoms with Crippen molar-refractivity contribution < 1.29 is 19.4 Å². The number of benzene rings is 3. The SMILES string of the molecule is COC(=O)CC1(O)C(=O)C=C(c2ccc(C)cc2)N1N=C(c1ccccc1)c1ccccc1. The average molecular weight is 440 g/mol. The van der Waals surface area contributed by atoms with Crippen LogP contribution in [0.4, 0.5) is 0 Å². The summed E-state index contributed by atoms with van der Waals surface area (Å²) < 4.78 is 4.76. The maximum Gasteiger partial charge on any atom is 0.310 e. The quantitative estimate of drug-likeness (QED) is 0.464. The van der Waals surface area contributed by atoms with Crippen LogP contribution in [-0.4, -0.2) is 40.4 Å². The van der Waals surface area contributed by atoms with Gasteiger partial charge in [0.15, 0.2) is 0 Å². The van der Waals surface area contributed by atoms with Crippen LogP contribution in [0.2, 0.25) is 0 Å². The lowest BCUT2D eigenvalue weighted by Gasteiger charge is -2.32. The Morgan fingerprint density at radius 1 is 0.939 bits per heavy atom. The van der Waals surface area contributed by atoms with Crippen molar-refractivity contribution >= 4 is 23.2 Å². The van der Waals surface area contributed by atoms with Crippen molar-refractivity contribution in [1.29, 1.82) is 0 Å². The molecule has 0 radical (unpaired) electrons. The van der Waals surface area contributed by atoms with E-state index in [1.807, 2.05) is 91.9 Å². The molecule has 1 atom stereocenters. The number of ether oxygens (including phenoxy) is 1. The molecule has 33 heavy (non-hydrogen) atoms. The van der Waals surface area contributed by atoms with Gasteiger partial charge in [0.05, 0.1) is 18.5 Å². The molecule has 1 heterocycles. The number of esters is 1. The van der Waals surface area contributed by atoms with Gasteiger partial charge in [-0.1, -0.05) is 90.5 Å². The van der Waals surface area contributed by atoms with Gasteiger partial charge >= 0.3 is 5.97 Å². The minimum atomic E-state index is -2.21. The third-order valence-corrected chi connectivity index (χ3v) is 5.50. The topological polar surface area (TPSA) is 79.2 Å². The minimum absolute atomic E-state index is 0.399. The second kappa shape index (κ2) is 9.22. The van der Waals surface area contributed by atoms with Gasteiger partial charge in [-0.2, -0.15) is 5.10 Å². The van der Waals surface area contributed by atoms with Crippen molar-refractivity contribution in [3.8, 4) is 0 Å². The van der Waals surface area contributed by atoms with Gasteiger partial charge in [0.25, 0.3) is 0 Å². The van der Waals surface area contributed by atoms with E-state index >= 15 is 0 Å². The van der Waals surface area contributed by atoms with E-state index in [1.165, 1.54) is 18.2 Å². The number of hydrogen-bond donors (Lipinski definition) is 1. The lowest BCUT2D eigenvalue weighted by Crippen LogP contribution is -2.49. The number of aryl methyl sites for hydroxylation is 1. The molecule has 0 spiro atoms. The molecule has 0 saturated heterocycles. The van der Waals surface area contributed by atoms with Crippen molar-refractivity contribution in [2.24, 2.45) is 5.10 Å². The van der Waals surface area contributed by atoms with Crippen LogP contribution in [0, 0.1) is 6.92 Å². The summed E-state index contributed by atoms with van der Waals surface area (Å²) in [5.41, 5.74) is 2.08. The molecule has 0 fully saturated rings. The molecule has 0 aliphatic carbocycles. The highest BCUT2D eigenvalue weighted by Gasteiger charge is 2.50. The van der Waals surface area contributed by atoms with E-state index in [4.69, 9.17) is 9.84 Å². The number of carbonyl (C=O) groups is 2. The smallest absolute Gasteiger partial charge is 0.310 e. The molecule has 3 aromatic carbocycles. The predicted octanol–water partition coefficient (Wildman–Crippen LogP) is 3.92. The first-order valence-corrected chi connectivity index (χ1v) is 10.5. The number of hydrogen-bond acceptors (Lipinski definition) is 6.